The van der Waals surface area contributed by atoms with Gasteiger partial charge in [0.2, 0.25) is 0 Å². The zero-order valence-corrected chi connectivity index (χ0v) is 14.8. The molecule has 23 heavy (non-hydrogen) atoms. The molecule has 0 bridgehead atoms. The Morgan fingerprint density at radius 1 is 0.957 bits per heavy atom. The van der Waals surface area contributed by atoms with Crippen molar-refractivity contribution in [2.45, 2.75) is 50.8 Å². The van der Waals surface area contributed by atoms with Gasteiger partial charge in [0.1, 0.15) is 11.3 Å². The van der Waals surface area contributed by atoms with Gasteiger partial charge in [0.25, 0.3) is 0 Å². The van der Waals surface area contributed by atoms with Crippen LogP contribution < -0.4 is 0 Å². The minimum Gasteiger partial charge on any atom is -0.456 e. The summed E-state index contributed by atoms with van der Waals surface area (Å²) in [5, 5.41) is 1.13. The Hall–Kier alpha value is -1.67. The topological polar surface area (TPSA) is 13.1 Å². The SMILES string of the molecule is CCCCCc1ccc(-c2cc3ccc(S)cc3o2)c(CC)c1. The molecule has 0 N–H and O–H groups in total. The van der Waals surface area contributed by atoms with Gasteiger partial charge in [-0.3, -0.25) is 0 Å². The summed E-state index contributed by atoms with van der Waals surface area (Å²) in [6, 6.07) is 15.0. The van der Waals surface area contributed by atoms with Crippen LogP contribution in [0.2, 0.25) is 0 Å². The van der Waals surface area contributed by atoms with Gasteiger partial charge in [-0.2, -0.15) is 0 Å². The van der Waals surface area contributed by atoms with Gasteiger partial charge in [0.05, 0.1) is 0 Å². The number of thiol groups is 1. The van der Waals surface area contributed by atoms with Crippen molar-refractivity contribution in [1.29, 1.82) is 0 Å². The Bertz CT molecular complexity index is 801. The van der Waals surface area contributed by atoms with Gasteiger partial charge in [-0.25, -0.2) is 0 Å². The smallest absolute Gasteiger partial charge is 0.135 e. The Balaban J connectivity index is 1.93. The predicted octanol–water partition coefficient (Wildman–Crippen LogP) is 6.68. The van der Waals surface area contributed by atoms with Crippen LogP contribution in [0.4, 0.5) is 0 Å². The van der Waals surface area contributed by atoms with Crippen LogP contribution in [0, 0.1) is 0 Å². The minimum absolute atomic E-state index is 0.904. The third-order valence-electron chi connectivity index (χ3n) is 4.39. The molecule has 2 aromatic carbocycles. The molecule has 3 aromatic rings. The summed E-state index contributed by atoms with van der Waals surface area (Å²) in [5.74, 6) is 0.955. The molecule has 0 amide bonds. The first-order valence-electron chi connectivity index (χ1n) is 8.56. The van der Waals surface area contributed by atoms with Crippen LogP contribution in [0.1, 0.15) is 44.2 Å². The van der Waals surface area contributed by atoms with E-state index in [1.54, 1.807) is 0 Å². The van der Waals surface area contributed by atoms with E-state index < -0.39 is 0 Å². The summed E-state index contributed by atoms with van der Waals surface area (Å²) in [7, 11) is 0. The number of benzene rings is 2. The molecule has 0 aliphatic rings. The van der Waals surface area contributed by atoms with Crippen molar-refractivity contribution < 1.29 is 4.42 Å². The Morgan fingerprint density at radius 2 is 1.83 bits per heavy atom. The first kappa shape index (κ1) is 16.2. The van der Waals surface area contributed by atoms with E-state index in [0.717, 1.165) is 28.0 Å². The van der Waals surface area contributed by atoms with Crippen molar-refractivity contribution in [1.82, 2.24) is 0 Å². The zero-order chi connectivity index (χ0) is 16.2. The lowest BCUT2D eigenvalue weighted by Crippen LogP contribution is -1.92. The van der Waals surface area contributed by atoms with E-state index >= 15 is 0 Å². The second-order valence-corrected chi connectivity index (χ2v) is 6.65. The summed E-state index contributed by atoms with van der Waals surface area (Å²) in [6.45, 7) is 4.46. The Morgan fingerprint density at radius 3 is 2.61 bits per heavy atom. The van der Waals surface area contributed by atoms with Gasteiger partial charge < -0.3 is 4.42 Å². The second-order valence-electron chi connectivity index (χ2n) is 6.13. The van der Waals surface area contributed by atoms with Gasteiger partial charge in [-0.1, -0.05) is 44.9 Å². The van der Waals surface area contributed by atoms with Gasteiger partial charge in [-0.15, -0.1) is 12.6 Å². The molecule has 2 heteroatoms. The van der Waals surface area contributed by atoms with Crippen molar-refractivity contribution in [2.24, 2.45) is 0 Å². The highest BCUT2D eigenvalue weighted by Gasteiger charge is 2.11. The molecule has 0 unspecified atom stereocenters. The summed E-state index contributed by atoms with van der Waals surface area (Å²) in [5.41, 5.74) is 4.92. The Kier molecular flexibility index (Phi) is 5.12. The third kappa shape index (κ3) is 3.64. The fourth-order valence-electron chi connectivity index (χ4n) is 3.07. The van der Waals surface area contributed by atoms with E-state index in [4.69, 9.17) is 4.42 Å². The number of unbranched alkanes of at least 4 members (excludes halogenated alkanes) is 2. The molecule has 0 aliphatic heterocycles. The van der Waals surface area contributed by atoms with Gasteiger partial charge >= 0.3 is 0 Å². The van der Waals surface area contributed by atoms with E-state index in [1.165, 1.54) is 42.4 Å². The van der Waals surface area contributed by atoms with Crippen LogP contribution >= 0.6 is 12.6 Å². The van der Waals surface area contributed by atoms with Crippen molar-refractivity contribution >= 4 is 23.6 Å². The molecule has 1 nitrogen and oxygen atoms in total. The van der Waals surface area contributed by atoms with Crippen molar-refractivity contribution in [3.05, 3.63) is 53.6 Å². The summed E-state index contributed by atoms with van der Waals surface area (Å²) >= 11 is 4.39. The molecular formula is C21H24OS. The monoisotopic (exact) mass is 324 g/mol. The highest BCUT2D eigenvalue weighted by molar-refractivity contribution is 7.80. The van der Waals surface area contributed by atoms with E-state index in [2.05, 4.69) is 56.8 Å². The second kappa shape index (κ2) is 7.27. The highest BCUT2D eigenvalue weighted by Crippen LogP contribution is 2.32. The largest absolute Gasteiger partial charge is 0.456 e. The fourth-order valence-corrected chi connectivity index (χ4v) is 3.26. The molecule has 0 fully saturated rings. The van der Waals surface area contributed by atoms with Gasteiger partial charge in [0, 0.05) is 15.8 Å². The van der Waals surface area contributed by atoms with Crippen LogP contribution in [-0.2, 0) is 12.8 Å². The molecule has 0 spiro atoms. The molecule has 3 rings (SSSR count). The van der Waals surface area contributed by atoms with Crippen LogP contribution in [0.25, 0.3) is 22.3 Å². The van der Waals surface area contributed by atoms with Crippen LogP contribution in [-0.4, -0.2) is 0 Å². The molecule has 0 aliphatic carbocycles. The first-order valence-corrected chi connectivity index (χ1v) is 9.00. The van der Waals surface area contributed by atoms with E-state index in [9.17, 15) is 0 Å². The zero-order valence-electron chi connectivity index (χ0n) is 13.9. The maximum absolute atomic E-state index is 6.07. The van der Waals surface area contributed by atoms with E-state index in [-0.39, 0.29) is 0 Å². The van der Waals surface area contributed by atoms with Crippen molar-refractivity contribution in [3.8, 4) is 11.3 Å². The molecule has 0 radical (unpaired) electrons. The number of hydrogen-bond acceptors (Lipinski definition) is 2. The molecule has 0 saturated heterocycles. The third-order valence-corrected chi connectivity index (χ3v) is 4.67. The van der Waals surface area contributed by atoms with E-state index in [0.29, 0.717) is 0 Å². The molecule has 120 valence electrons. The standard InChI is InChI=1S/C21H24OS/c1-3-5-6-7-15-8-11-19(16(4-2)12-15)21-13-17-9-10-18(23)14-20(17)22-21/h8-14,23H,3-7H2,1-2H3. The number of hydrogen-bond donors (Lipinski definition) is 1. The highest BCUT2D eigenvalue weighted by atomic mass is 32.1. The molecular weight excluding hydrogens is 300 g/mol. The summed E-state index contributed by atoms with van der Waals surface area (Å²) in [4.78, 5) is 0.931. The summed E-state index contributed by atoms with van der Waals surface area (Å²) in [6.07, 6.45) is 6.04. The van der Waals surface area contributed by atoms with Gasteiger partial charge in [-0.05, 0) is 54.7 Å². The Labute approximate surface area is 144 Å². The molecule has 0 atom stereocenters. The average molecular weight is 324 g/mol. The maximum atomic E-state index is 6.07. The fraction of sp³-hybridized carbons (Fsp3) is 0.333. The van der Waals surface area contributed by atoms with Crippen LogP contribution in [0.3, 0.4) is 0 Å². The first-order chi connectivity index (χ1) is 11.2. The lowest BCUT2D eigenvalue weighted by atomic mass is 9.97. The van der Waals surface area contributed by atoms with Crippen molar-refractivity contribution in [2.75, 3.05) is 0 Å². The van der Waals surface area contributed by atoms with Gasteiger partial charge in [0.15, 0.2) is 0 Å². The molecule has 0 saturated carbocycles. The number of aryl methyl sites for hydroxylation is 2. The van der Waals surface area contributed by atoms with Crippen LogP contribution in [0.15, 0.2) is 51.8 Å². The number of furan rings is 1. The van der Waals surface area contributed by atoms with Crippen LogP contribution in [0.5, 0.6) is 0 Å². The number of rotatable bonds is 6. The molecule has 1 aromatic heterocycles. The maximum Gasteiger partial charge on any atom is 0.135 e. The van der Waals surface area contributed by atoms with Crippen molar-refractivity contribution in [3.63, 3.8) is 0 Å². The average Bonchev–Trinajstić information content (AvgIpc) is 2.97. The number of fused-ring (bicyclic) bond motifs is 1. The lowest BCUT2D eigenvalue weighted by molar-refractivity contribution is 0.629. The lowest BCUT2D eigenvalue weighted by Gasteiger charge is -2.08. The normalized spacial score (nSPS) is 11.3. The molecule has 1 heterocycles. The quantitative estimate of drug-likeness (QED) is 0.394. The van der Waals surface area contributed by atoms with E-state index in [1.807, 2.05) is 12.1 Å². The predicted molar refractivity (Wildman–Crippen MR) is 102 cm³/mol. The minimum atomic E-state index is 0.904. The summed E-state index contributed by atoms with van der Waals surface area (Å²) < 4.78 is 6.07.